The van der Waals surface area contributed by atoms with E-state index < -0.39 is 12.5 Å². The van der Waals surface area contributed by atoms with E-state index in [1.807, 2.05) is 19.2 Å². The predicted molar refractivity (Wildman–Crippen MR) is 97.3 cm³/mol. The molecule has 3 aliphatic heterocycles. The largest absolute Gasteiger partial charge is 0.494 e. The lowest BCUT2D eigenvalue weighted by Gasteiger charge is -2.32. The first-order chi connectivity index (χ1) is 11.7. The Bertz CT molecular complexity index is 708. The number of likely N-dealkylation sites (N-methyl/N-ethyl adjacent to an activating group) is 1. The smallest absolute Gasteiger partial charge is 0.399 e. The van der Waals surface area contributed by atoms with E-state index in [4.69, 9.17) is 14.0 Å². The molecule has 0 N–H and O–H groups in total. The molecule has 3 heterocycles. The van der Waals surface area contributed by atoms with E-state index in [9.17, 15) is 4.79 Å². The highest BCUT2D eigenvalue weighted by atomic mass is 16.7. The Morgan fingerprint density at radius 2 is 1.64 bits per heavy atom. The molecule has 2 fully saturated rings. The Balaban J connectivity index is 1.75. The molecular weight excluding hydrogens is 317 g/mol. The Labute approximate surface area is 149 Å². The zero-order valence-electron chi connectivity index (χ0n) is 15.7. The van der Waals surface area contributed by atoms with Crippen molar-refractivity contribution >= 4 is 24.2 Å². The van der Waals surface area contributed by atoms with E-state index in [-0.39, 0.29) is 17.1 Å². The number of fused-ring (bicyclic) bond motifs is 2. The fourth-order valence-electron chi connectivity index (χ4n) is 4.10. The van der Waals surface area contributed by atoms with Crippen molar-refractivity contribution in [2.24, 2.45) is 0 Å². The van der Waals surface area contributed by atoms with E-state index >= 15 is 0 Å². The maximum Gasteiger partial charge on any atom is 0.494 e. The summed E-state index contributed by atoms with van der Waals surface area (Å²) in [5.41, 5.74) is 1.86. The lowest BCUT2D eigenvalue weighted by atomic mass is 9.71. The van der Waals surface area contributed by atoms with Crippen molar-refractivity contribution in [3.8, 4) is 0 Å². The number of carbonyl (C=O) groups is 1. The number of rotatable bonds is 1. The van der Waals surface area contributed by atoms with Gasteiger partial charge in [-0.25, -0.2) is 0 Å². The van der Waals surface area contributed by atoms with Crippen molar-refractivity contribution in [2.45, 2.75) is 57.2 Å². The van der Waals surface area contributed by atoms with Gasteiger partial charge in [-0.3, -0.25) is 4.79 Å². The fraction of sp³-hybridized carbons (Fsp3) is 0.632. The third-order valence-corrected chi connectivity index (χ3v) is 6.48. The van der Waals surface area contributed by atoms with E-state index in [1.54, 1.807) is 4.90 Å². The van der Waals surface area contributed by atoms with Crippen LogP contribution in [0.25, 0.3) is 0 Å². The highest BCUT2D eigenvalue weighted by Gasteiger charge is 2.54. The van der Waals surface area contributed by atoms with Crippen molar-refractivity contribution in [2.75, 3.05) is 25.2 Å². The van der Waals surface area contributed by atoms with Gasteiger partial charge in [-0.05, 0) is 57.6 Å². The molecule has 1 aromatic rings. The normalized spacial score (nSPS) is 26.4. The van der Waals surface area contributed by atoms with Crippen LogP contribution in [0.2, 0.25) is 0 Å². The van der Waals surface area contributed by atoms with Crippen LogP contribution in [0.5, 0.6) is 0 Å². The Kier molecular flexibility index (Phi) is 3.63. The van der Waals surface area contributed by atoms with Crippen LogP contribution in [-0.2, 0) is 24.3 Å². The molecule has 0 aromatic heterocycles. The standard InChI is InChI=1S/C19H26BNO4/c1-17(2)18(3,4)25-20(24-17)13-6-7-15-14(12-13)19(16(22)21(15)5)8-10-23-11-9-19/h6-7,12H,8-11H2,1-5H3. The Morgan fingerprint density at radius 3 is 2.24 bits per heavy atom. The van der Waals surface area contributed by atoms with Crippen molar-refractivity contribution < 1.29 is 18.8 Å². The summed E-state index contributed by atoms with van der Waals surface area (Å²) in [6.07, 6.45) is 1.46. The van der Waals surface area contributed by atoms with Crippen LogP contribution in [0.15, 0.2) is 18.2 Å². The van der Waals surface area contributed by atoms with Gasteiger partial charge in [0, 0.05) is 25.9 Å². The number of carbonyl (C=O) groups excluding carboxylic acids is 1. The van der Waals surface area contributed by atoms with Crippen LogP contribution in [0.1, 0.15) is 46.1 Å². The number of hydrogen-bond acceptors (Lipinski definition) is 4. The highest BCUT2D eigenvalue weighted by Crippen LogP contribution is 2.47. The molecule has 0 bridgehead atoms. The first-order valence-electron chi connectivity index (χ1n) is 9.04. The van der Waals surface area contributed by atoms with Crippen LogP contribution in [-0.4, -0.2) is 44.5 Å². The lowest BCUT2D eigenvalue weighted by Crippen LogP contribution is -2.43. The monoisotopic (exact) mass is 343 g/mol. The van der Waals surface area contributed by atoms with Crippen LogP contribution in [0, 0.1) is 0 Å². The third-order valence-electron chi connectivity index (χ3n) is 6.48. The fourth-order valence-corrected chi connectivity index (χ4v) is 4.10. The summed E-state index contributed by atoms with van der Waals surface area (Å²) < 4.78 is 17.9. The van der Waals surface area contributed by atoms with Gasteiger partial charge in [0.05, 0.1) is 16.6 Å². The molecule has 0 atom stereocenters. The highest BCUT2D eigenvalue weighted by molar-refractivity contribution is 6.62. The Morgan fingerprint density at radius 1 is 1.04 bits per heavy atom. The summed E-state index contributed by atoms with van der Waals surface area (Å²) in [5.74, 6) is 0.178. The molecule has 4 rings (SSSR count). The van der Waals surface area contributed by atoms with E-state index in [1.165, 1.54) is 0 Å². The van der Waals surface area contributed by atoms with Gasteiger partial charge < -0.3 is 18.9 Å². The SMILES string of the molecule is CN1C(=O)C2(CCOCC2)c2cc(B3OC(C)(C)C(C)(C)O3)ccc21. The topological polar surface area (TPSA) is 48.0 Å². The van der Waals surface area contributed by atoms with Crippen molar-refractivity contribution in [1.29, 1.82) is 0 Å². The minimum Gasteiger partial charge on any atom is -0.399 e. The van der Waals surface area contributed by atoms with Gasteiger partial charge in [0.1, 0.15) is 0 Å². The maximum atomic E-state index is 13.0. The van der Waals surface area contributed by atoms with E-state index in [2.05, 4.69) is 33.8 Å². The van der Waals surface area contributed by atoms with Crippen molar-refractivity contribution in [3.05, 3.63) is 23.8 Å². The molecule has 0 aliphatic carbocycles. The molecule has 5 nitrogen and oxygen atoms in total. The van der Waals surface area contributed by atoms with Crippen LogP contribution >= 0.6 is 0 Å². The van der Waals surface area contributed by atoms with Gasteiger partial charge >= 0.3 is 7.12 Å². The molecule has 0 unspecified atom stereocenters. The summed E-state index contributed by atoms with van der Waals surface area (Å²) in [7, 11) is 1.45. The zero-order chi connectivity index (χ0) is 18.0. The molecule has 0 radical (unpaired) electrons. The zero-order valence-corrected chi connectivity index (χ0v) is 15.7. The molecule has 2 saturated heterocycles. The molecule has 1 spiro atoms. The number of nitrogens with zero attached hydrogens (tertiary/aromatic N) is 1. The summed E-state index contributed by atoms with van der Waals surface area (Å²) >= 11 is 0. The summed E-state index contributed by atoms with van der Waals surface area (Å²) in [5, 5.41) is 0. The number of amides is 1. The second-order valence-electron chi connectivity index (χ2n) is 8.42. The molecule has 3 aliphatic rings. The minimum atomic E-state index is -0.456. The summed E-state index contributed by atoms with van der Waals surface area (Å²) in [4.78, 5) is 14.8. The molecule has 25 heavy (non-hydrogen) atoms. The predicted octanol–water partition coefficient (Wildman–Crippen LogP) is 2.01. The third kappa shape index (κ3) is 2.31. The van der Waals surface area contributed by atoms with Gasteiger partial charge in [-0.15, -0.1) is 0 Å². The van der Waals surface area contributed by atoms with Crippen LogP contribution in [0.3, 0.4) is 0 Å². The van der Waals surface area contributed by atoms with Gasteiger partial charge in [-0.1, -0.05) is 12.1 Å². The van der Waals surface area contributed by atoms with Crippen molar-refractivity contribution in [3.63, 3.8) is 0 Å². The number of anilines is 1. The lowest BCUT2D eigenvalue weighted by molar-refractivity contribution is -0.126. The van der Waals surface area contributed by atoms with Crippen LogP contribution in [0.4, 0.5) is 5.69 Å². The van der Waals surface area contributed by atoms with Gasteiger partial charge in [0.15, 0.2) is 0 Å². The quantitative estimate of drug-likeness (QED) is 0.732. The molecular formula is C19H26BNO4. The van der Waals surface area contributed by atoms with Crippen LogP contribution < -0.4 is 10.4 Å². The van der Waals surface area contributed by atoms with Crippen molar-refractivity contribution in [1.82, 2.24) is 0 Å². The first kappa shape index (κ1) is 17.1. The maximum absolute atomic E-state index is 13.0. The average Bonchev–Trinajstić information content (AvgIpc) is 2.91. The number of ether oxygens (including phenoxy) is 1. The molecule has 0 saturated carbocycles. The number of benzene rings is 1. The molecule has 6 heteroatoms. The second-order valence-corrected chi connectivity index (χ2v) is 8.42. The summed E-state index contributed by atoms with van der Waals surface area (Å²) in [6, 6.07) is 6.16. The van der Waals surface area contributed by atoms with E-state index in [0.717, 1.165) is 29.6 Å². The average molecular weight is 343 g/mol. The van der Waals surface area contributed by atoms with E-state index in [0.29, 0.717) is 13.2 Å². The Hall–Kier alpha value is -1.37. The van der Waals surface area contributed by atoms with Gasteiger partial charge in [-0.2, -0.15) is 0 Å². The minimum absolute atomic E-state index is 0.178. The molecule has 1 amide bonds. The van der Waals surface area contributed by atoms with Gasteiger partial charge in [0.2, 0.25) is 5.91 Å². The molecule has 1 aromatic carbocycles. The second kappa shape index (κ2) is 5.32. The van der Waals surface area contributed by atoms with Gasteiger partial charge in [0.25, 0.3) is 0 Å². The summed E-state index contributed by atoms with van der Waals surface area (Å²) in [6.45, 7) is 9.46. The number of hydrogen-bond donors (Lipinski definition) is 0. The molecule has 134 valence electrons. The first-order valence-corrected chi connectivity index (χ1v) is 9.04.